The quantitative estimate of drug-likeness (QED) is 0.774. The molecule has 0 saturated carbocycles. The van der Waals surface area contributed by atoms with E-state index < -0.39 is 5.60 Å². The van der Waals surface area contributed by atoms with Gasteiger partial charge in [-0.15, -0.1) is 0 Å². The average Bonchev–Trinajstić information content (AvgIpc) is 2.38. The molecule has 0 unspecified atom stereocenters. The highest BCUT2D eigenvalue weighted by atomic mass is 16.6. The van der Waals surface area contributed by atoms with Gasteiger partial charge in [0, 0.05) is 12.7 Å². The number of anilines is 1. The van der Waals surface area contributed by atoms with Crippen molar-refractivity contribution in [1.82, 2.24) is 5.01 Å². The van der Waals surface area contributed by atoms with Crippen molar-refractivity contribution < 1.29 is 9.53 Å². The van der Waals surface area contributed by atoms with Gasteiger partial charge in [-0.1, -0.05) is 24.3 Å². The smallest absolute Gasteiger partial charge is 0.429 e. The fraction of sp³-hybridized carbons (Fsp3) is 0.400. The molecule has 4 heteroatoms. The van der Waals surface area contributed by atoms with Crippen LogP contribution in [0.5, 0.6) is 0 Å². The van der Waals surface area contributed by atoms with Crippen molar-refractivity contribution in [3.05, 3.63) is 42.6 Å². The Hall–Kier alpha value is -1.97. The molecular formula is C15H20N2O2. The molecule has 0 spiro atoms. The normalized spacial score (nSPS) is 15.5. The van der Waals surface area contributed by atoms with E-state index in [4.69, 9.17) is 4.74 Å². The number of amides is 1. The lowest BCUT2D eigenvalue weighted by Gasteiger charge is -2.37. The summed E-state index contributed by atoms with van der Waals surface area (Å²) in [5, 5.41) is 3.46. The van der Waals surface area contributed by atoms with Crippen LogP contribution in [-0.2, 0) is 4.74 Å². The van der Waals surface area contributed by atoms with E-state index in [1.165, 1.54) is 0 Å². The Bertz CT molecular complexity index is 463. The molecule has 0 bridgehead atoms. The third-order valence-corrected chi connectivity index (χ3v) is 2.64. The molecule has 1 aliphatic rings. The second kappa shape index (κ2) is 5.34. The number of nitrogens with zero attached hydrogens (tertiary/aromatic N) is 2. The number of hydrogen-bond acceptors (Lipinski definition) is 3. The van der Waals surface area contributed by atoms with Crippen LogP contribution in [0.2, 0.25) is 0 Å². The topological polar surface area (TPSA) is 32.8 Å². The number of carbonyl (C=O) groups is 1. The van der Waals surface area contributed by atoms with Crippen LogP contribution in [-0.4, -0.2) is 23.2 Å². The summed E-state index contributed by atoms with van der Waals surface area (Å²) in [6, 6.07) is 9.78. The lowest BCUT2D eigenvalue weighted by Crippen LogP contribution is -2.48. The monoisotopic (exact) mass is 260 g/mol. The van der Waals surface area contributed by atoms with E-state index in [0.717, 1.165) is 12.1 Å². The molecular weight excluding hydrogens is 240 g/mol. The lowest BCUT2D eigenvalue weighted by molar-refractivity contribution is 0.0242. The van der Waals surface area contributed by atoms with Crippen molar-refractivity contribution in [1.29, 1.82) is 0 Å². The SMILES string of the molecule is CC(C)(C)OC(=O)N1CCC=CN1c1ccccc1. The summed E-state index contributed by atoms with van der Waals surface area (Å²) in [4.78, 5) is 12.2. The van der Waals surface area contributed by atoms with Gasteiger partial charge in [0.25, 0.3) is 0 Å². The van der Waals surface area contributed by atoms with E-state index in [0.29, 0.717) is 6.54 Å². The fourth-order valence-electron chi connectivity index (χ4n) is 1.86. The maximum Gasteiger partial charge on any atom is 0.429 e. The van der Waals surface area contributed by atoms with Crippen LogP contribution >= 0.6 is 0 Å². The second-order valence-corrected chi connectivity index (χ2v) is 5.46. The van der Waals surface area contributed by atoms with Crippen molar-refractivity contribution in [2.24, 2.45) is 0 Å². The first-order valence-electron chi connectivity index (χ1n) is 6.49. The summed E-state index contributed by atoms with van der Waals surface area (Å²) in [6.45, 7) is 6.24. The number of para-hydroxylation sites is 1. The summed E-state index contributed by atoms with van der Waals surface area (Å²) >= 11 is 0. The van der Waals surface area contributed by atoms with Crippen molar-refractivity contribution >= 4 is 11.8 Å². The van der Waals surface area contributed by atoms with Crippen molar-refractivity contribution in [2.45, 2.75) is 32.8 Å². The molecule has 0 aliphatic carbocycles. The number of rotatable bonds is 1. The summed E-state index contributed by atoms with van der Waals surface area (Å²) < 4.78 is 5.44. The highest BCUT2D eigenvalue weighted by molar-refractivity contribution is 5.72. The molecule has 4 nitrogen and oxygen atoms in total. The Balaban J connectivity index is 2.19. The molecule has 0 saturated heterocycles. The van der Waals surface area contributed by atoms with Crippen LogP contribution in [0.25, 0.3) is 0 Å². The minimum Gasteiger partial charge on any atom is -0.442 e. The van der Waals surface area contributed by atoms with Crippen LogP contribution in [0.4, 0.5) is 10.5 Å². The maximum atomic E-state index is 12.2. The second-order valence-electron chi connectivity index (χ2n) is 5.46. The summed E-state index contributed by atoms with van der Waals surface area (Å²) in [5.74, 6) is 0. The molecule has 0 aromatic heterocycles. The molecule has 1 heterocycles. The van der Waals surface area contributed by atoms with Gasteiger partial charge < -0.3 is 4.74 Å². The van der Waals surface area contributed by atoms with Crippen molar-refractivity contribution in [2.75, 3.05) is 11.6 Å². The predicted molar refractivity (Wildman–Crippen MR) is 75.6 cm³/mol. The van der Waals surface area contributed by atoms with E-state index in [2.05, 4.69) is 0 Å². The van der Waals surface area contributed by atoms with Crippen LogP contribution in [0.3, 0.4) is 0 Å². The maximum absolute atomic E-state index is 12.2. The summed E-state index contributed by atoms with van der Waals surface area (Å²) in [5.41, 5.74) is 0.463. The van der Waals surface area contributed by atoms with Gasteiger partial charge in [-0.25, -0.2) is 9.80 Å². The first kappa shape index (κ1) is 13.5. The van der Waals surface area contributed by atoms with Gasteiger partial charge in [0.05, 0.1) is 5.69 Å². The van der Waals surface area contributed by atoms with Gasteiger partial charge in [0.1, 0.15) is 5.60 Å². The highest BCUT2D eigenvalue weighted by Gasteiger charge is 2.27. The molecule has 0 fully saturated rings. The van der Waals surface area contributed by atoms with Gasteiger partial charge >= 0.3 is 6.09 Å². The zero-order valence-electron chi connectivity index (χ0n) is 11.7. The van der Waals surface area contributed by atoms with Gasteiger partial charge in [0.2, 0.25) is 0 Å². The lowest BCUT2D eigenvalue weighted by atomic mass is 10.2. The summed E-state index contributed by atoms with van der Waals surface area (Å²) in [7, 11) is 0. The summed E-state index contributed by atoms with van der Waals surface area (Å²) in [6.07, 6.45) is 4.47. The Labute approximate surface area is 114 Å². The Morgan fingerprint density at radius 1 is 1.21 bits per heavy atom. The Kier molecular flexibility index (Phi) is 3.79. The van der Waals surface area contributed by atoms with Gasteiger partial charge in [-0.05, 0) is 39.3 Å². The van der Waals surface area contributed by atoms with Crippen LogP contribution < -0.4 is 5.01 Å². The van der Waals surface area contributed by atoms with Crippen molar-refractivity contribution in [3.8, 4) is 0 Å². The van der Waals surface area contributed by atoms with E-state index in [1.54, 1.807) is 5.01 Å². The fourth-order valence-corrected chi connectivity index (χ4v) is 1.86. The Morgan fingerprint density at radius 2 is 1.89 bits per heavy atom. The minimum atomic E-state index is -0.486. The van der Waals surface area contributed by atoms with Crippen LogP contribution in [0.15, 0.2) is 42.6 Å². The van der Waals surface area contributed by atoms with Crippen molar-refractivity contribution in [3.63, 3.8) is 0 Å². The molecule has 0 atom stereocenters. The van der Waals surface area contributed by atoms with Gasteiger partial charge in [-0.2, -0.15) is 0 Å². The molecule has 1 aromatic carbocycles. The number of ether oxygens (including phenoxy) is 1. The molecule has 0 radical (unpaired) electrons. The minimum absolute atomic E-state index is 0.319. The molecule has 1 amide bonds. The largest absolute Gasteiger partial charge is 0.442 e. The molecule has 1 aliphatic heterocycles. The molecule has 19 heavy (non-hydrogen) atoms. The first-order chi connectivity index (χ1) is 8.97. The molecule has 2 rings (SSSR count). The van der Waals surface area contributed by atoms with Gasteiger partial charge in [0.15, 0.2) is 0 Å². The first-order valence-corrected chi connectivity index (χ1v) is 6.49. The van der Waals surface area contributed by atoms with E-state index >= 15 is 0 Å². The van der Waals surface area contributed by atoms with E-state index in [9.17, 15) is 4.79 Å². The van der Waals surface area contributed by atoms with E-state index in [-0.39, 0.29) is 6.09 Å². The molecule has 102 valence electrons. The number of benzene rings is 1. The zero-order chi connectivity index (χ0) is 13.9. The number of hydrazine groups is 1. The van der Waals surface area contributed by atoms with Gasteiger partial charge in [-0.3, -0.25) is 5.01 Å². The molecule has 0 N–H and O–H groups in total. The Morgan fingerprint density at radius 3 is 2.53 bits per heavy atom. The van der Waals surface area contributed by atoms with Crippen LogP contribution in [0.1, 0.15) is 27.2 Å². The number of carbonyl (C=O) groups excluding carboxylic acids is 1. The molecule has 1 aromatic rings. The zero-order valence-corrected chi connectivity index (χ0v) is 11.7. The average molecular weight is 260 g/mol. The number of hydrogen-bond donors (Lipinski definition) is 0. The predicted octanol–water partition coefficient (Wildman–Crippen LogP) is 3.56. The standard InChI is InChI=1S/C15H20N2O2/c1-15(2,3)19-14(18)17-12-8-7-11-16(17)13-9-5-4-6-10-13/h4-7,9-11H,8,12H2,1-3H3. The third-order valence-electron chi connectivity index (χ3n) is 2.64. The highest BCUT2D eigenvalue weighted by Crippen LogP contribution is 2.22. The third kappa shape index (κ3) is 3.50. The van der Waals surface area contributed by atoms with E-state index in [1.807, 2.05) is 68.4 Å². The van der Waals surface area contributed by atoms with Crippen LogP contribution in [0, 0.1) is 0 Å².